The van der Waals surface area contributed by atoms with E-state index in [1.165, 1.54) is 0 Å². The van der Waals surface area contributed by atoms with E-state index in [4.69, 9.17) is 0 Å². The average Bonchev–Trinajstić information content (AvgIpc) is 3.38. The summed E-state index contributed by atoms with van der Waals surface area (Å²) < 4.78 is 1.94. The number of aryl methyl sites for hydroxylation is 1. The van der Waals surface area contributed by atoms with Crippen molar-refractivity contribution >= 4 is 58.7 Å². The molecule has 1 aliphatic heterocycles. The lowest BCUT2D eigenvalue weighted by atomic mass is 10.0. The van der Waals surface area contributed by atoms with E-state index in [2.05, 4.69) is 20.5 Å². The number of carbonyl (C=O) groups excluding carboxylic acids is 1. The number of H-pyrrole nitrogens is 1. The molecule has 5 rings (SSSR count). The van der Waals surface area contributed by atoms with Crippen molar-refractivity contribution in [2.24, 2.45) is 7.05 Å². The molecule has 1 aliphatic rings. The molecule has 2 N–H and O–H groups in total. The van der Waals surface area contributed by atoms with Gasteiger partial charge in [-0.15, -0.1) is 12.4 Å². The highest BCUT2D eigenvalue weighted by atomic mass is 35.5. The zero-order valence-corrected chi connectivity index (χ0v) is 16.4. The van der Waals surface area contributed by atoms with Crippen LogP contribution < -0.4 is 5.32 Å². The molecule has 3 heterocycles. The number of hydrogen-bond donors (Lipinski definition) is 2. The van der Waals surface area contributed by atoms with E-state index in [9.17, 15) is 4.79 Å². The Balaban J connectivity index is 0.00000205. The summed E-state index contributed by atoms with van der Waals surface area (Å²) in [7, 11) is 1.95. The minimum atomic E-state index is -0.0791. The first-order valence-corrected chi connectivity index (χ1v) is 8.95. The summed E-state index contributed by atoms with van der Waals surface area (Å²) in [5.74, 6) is 0.785. The quantitative estimate of drug-likeness (QED) is 0.498. The molecule has 7 heteroatoms. The summed E-state index contributed by atoms with van der Waals surface area (Å²) in [6.07, 6.45) is 9.45. The van der Waals surface area contributed by atoms with Crippen LogP contribution >= 0.6 is 12.4 Å². The number of nitrogens with one attached hydrogen (secondary N) is 2. The van der Waals surface area contributed by atoms with E-state index in [0.29, 0.717) is 5.57 Å². The first-order chi connectivity index (χ1) is 13.7. The van der Waals surface area contributed by atoms with Crippen LogP contribution in [0.5, 0.6) is 0 Å². The number of hydrogen-bond acceptors (Lipinski definition) is 3. The van der Waals surface area contributed by atoms with Gasteiger partial charge in [-0.3, -0.25) is 9.89 Å². The Kier molecular flexibility index (Phi) is 4.78. The number of fused-ring (bicyclic) bond motifs is 2. The number of carbonyl (C=O) groups is 1. The summed E-state index contributed by atoms with van der Waals surface area (Å²) in [4.78, 5) is 16.6. The van der Waals surface area contributed by atoms with Crippen molar-refractivity contribution in [1.29, 1.82) is 0 Å². The Morgan fingerprint density at radius 3 is 2.79 bits per heavy atom. The molecular weight excluding hydrogens is 386 g/mol. The van der Waals surface area contributed by atoms with E-state index in [0.717, 1.165) is 39.2 Å². The Morgan fingerprint density at radius 1 is 1.10 bits per heavy atom. The SMILES string of the molecule is Cl.Cn1ccnc1C=Cc1n[nH]c2cc(C=C3C(=O)Nc4ccccc43)ccc12. The molecule has 2 aromatic carbocycles. The molecule has 0 aliphatic carbocycles. The number of aromatic nitrogens is 4. The van der Waals surface area contributed by atoms with Gasteiger partial charge in [0.25, 0.3) is 5.91 Å². The lowest BCUT2D eigenvalue weighted by Crippen LogP contribution is -2.03. The maximum absolute atomic E-state index is 12.3. The van der Waals surface area contributed by atoms with Gasteiger partial charge in [0.05, 0.1) is 11.2 Å². The van der Waals surface area contributed by atoms with Crippen molar-refractivity contribution in [3.8, 4) is 0 Å². The van der Waals surface area contributed by atoms with Crippen molar-refractivity contribution in [3.05, 3.63) is 77.5 Å². The standard InChI is InChI=1S/C22H17N5O.ClH/c1-27-11-10-23-21(27)9-8-19-16-7-6-14(13-20(16)26-25-19)12-17-15-4-2-3-5-18(15)24-22(17)28;/h2-13H,1H3,(H,24,28)(H,25,26);1H. The molecule has 0 saturated carbocycles. The molecule has 6 nitrogen and oxygen atoms in total. The average molecular weight is 404 g/mol. The molecule has 0 radical (unpaired) electrons. The Bertz CT molecular complexity index is 1280. The van der Waals surface area contributed by atoms with E-state index < -0.39 is 0 Å². The molecule has 0 fully saturated rings. The Labute approximate surface area is 173 Å². The second-order valence-corrected chi connectivity index (χ2v) is 6.70. The third-order valence-electron chi connectivity index (χ3n) is 4.89. The van der Waals surface area contributed by atoms with E-state index in [1.807, 2.05) is 78.5 Å². The van der Waals surface area contributed by atoms with Crippen LogP contribution in [0.15, 0.2) is 54.9 Å². The van der Waals surface area contributed by atoms with Crippen LogP contribution in [0.3, 0.4) is 0 Å². The van der Waals surface area contributed by atoms with Crippen LogP contribution in [-0.4, -0.2) is 25.7 Å². The molecule has 144 valence electrons. The topological polar surface area (TPSA) is 75.6 Å². The zero-order chi connectivity index (χ0) is 19.1. The summed E-state index contributed by atoms with van der Waals surface area (Å²) in [6, 6.07) is 13.7. The summed E-state index contributed by atoms with van der Waals surface area (Å²) in [6.45, 7) is 0. The molecule has 2 aromatic heterocycles. The predicted molar refractivity (Wildman–Crippen MR) is 118 cm³/mol. The normalized spacial score (nSPS) is 14.4. The number of benzene rings is 2. The zero-order valence-electron chi connectivity index (χ0n) is 15.6. The molecule has 0 spiro atoms. The van der Waals surface area contributed by atoms with Crippen LogP contribution in [0.25, 0.3) is 34.7 Å². The van der Waals surface area contributed by atoms with E-state index >= 15 is 0 Å². The maximum Gasteiger partial charge on any atom is 0.256 e. The Morgan fingerprint density at radius 2 is 1.97 bits per heavy atom. The molecule has 0 unspecified atom stereocenters. The predicted octanol–water partition coefficient (Wildman–Crippen LogP) is 4.38. The summed E-state index contributed by atoms with van der Waals surface area (Å²) >= 11 is 0. The molecular formula is C22H18ClN5O. The third kappa shape index (κ3) is 3.34. The highest BCUT2D eigenvalue weighted by Crippen LogP contribution is 2.33. The van der Waals surface area contributed by atoms with Gasteiger partial charge in [-0.25, -0.2) is 4.98 Å². The number of aromatic amines is 1. The molecule has 0 saturated heterocycles. The molecule has 0 bridgehead atoms. The second kappa shape index (κ2) is 7.41. The van der Waals surface area contributed by atoms with Gasteiger partial charge in [-0.2, -0.15) is 5.10 Å². The molecule has 1 amide bonds. The number of amides is 1. The van der Waals surface area contributed by atoms with Crippen LogP contribution in [0.1, 0.15) is 22.6 Å². The van der Waals surface area contributed by atoms with Crippen molar-refractivity contribution in [3.63, 3.8) is 0 Å². The summed E-state index contributed by atoms with van der Waals surface area (Å²) in [5.41, 5.74) is 5.16. The monoisotopic (exact) mass is 403 g/mol. The first-order valence-electron chi connectivity index (χ1n) is 8.95. The molecule has 0 atom stereocenters. The van der Waals surface area contributed by atoms with E-state index in [1.54, 1.807) is 6.20 Å². The van der Waals surface area contributed by atoms with Gasteiger partial charge in [0.15, 0.2) is 0 Å². The van der Waals surface area contributed by atoms with Gasteiger partial charge in [-0.05, 0) is 42.0 Å². The fourth-order valence-corrected chi connectivity index (χ4v) is 3.42. The molecule has 4 aromatic rings. The van der Waals surface area contributed by atoms with Crippen molar-refractivity contribution in [2.75, 3.05) is 5.32 Å². The number of halogens is 1. The highest BCUT2D eigenvalue weighted by molar-refractivity contribution is 6.34. The fraction of sp³-hybridized carbons (Fsp3) is 0.0455. The van der Waals surface area contributed by atoms with Crippen LogP contribution in [0.2, 0.25) is 0 Å². The number of imidazole rings is 1. The van der Waals surface area contributed by atoms with Gasteiger partial charge < -0.3 is 9.88 Å². The maximum atomic E-state index is 12.3. The van der Waals surface area contributed by atoms with Crippen molar-refractivity contribution in [1.82, 2.24) is 19.7 Å². The van der Waals surface area contributed by atoms with Gasteiger partial charge in [0.1, 0.15) is 5.82 Å². The van der Waals surface area contributed by atoms with Crippen molar-refractivity contribution in [2.45, 2.75) is 0 Å². The number of anilines is 1. The number of nitrogens with zero attached hydrogens (tertiary/aromatic N) is 3. The largest absolute Gasteiger partial charge is 0.335 e. The smallest absolute Gasteiger partial charge is 0.256 e. The lowest BCUT2D eigenvalue weighted by molar-refractivity contribution is -0.110. The van der Waals surface area contributed by atoms with Crippen LogP contribution in [0.4, 0.5) is 5.69 Å². The third-order valence-corrected chi connectivity index (χ3v) is 4.89. The van der Waals surface area contributed by atoms with Gasteiger partial charge in [0.2, 0.25) is 0 Å². The number of rotatable bonds is 3. The Hall–Kier alpha value is -3.64. The second-order valence-electron chi connectivity index (χ2n) is 6.70. The van der Waals surface area contributed by atoms with Crippen molar-refractivity contribution < 1.29 is 4.79 Å². The lowest BCUT2D eigenvalue weighted by Gasteiger charge is -1.99. The van der Waals surface area contributed by atoms with E-state index in [-0.39, 0.29) is 18.3 Å². The van der Waals surface area contributed by atoms with Gasteiger partial charge in [0, 0.05) is 41.7 Å². The summed E-state index contributed by atoms with van der Waals surface area (Å²) in [5, 5.41) is 11.4. The minimum absolute atomic E-state index is 0. The highest BCUT2D eigenvalue weighted by Gasteiger charge is 2.23. The fourth-order valence-electron chi connectivity index (χ4n) is 3.42. The van der Waals surface area contributed by atoms with Gasteiger partial charge >= 0.3 is 0 Å². The van der Waals surface area contributed by atoms with Crippen LogP contribution in [0, 0.1) is 0 Å². The molecule has 29 heavy (non-hydrogen) atoms. The van der Waals surface area contributed by atoms with Crippen LogP contribution in [-0.2, 0) is 11.8 Å². The number of para-hydroxylation sites is 1. The van der Waals surface area contributed by atoms with Gasteiger partial charge in [-0.1, -0.05) is 24.3 Å². The minimum Gasteiger partial charge on any atom is -0.335 e. The first kappa shape index (κ1) is 18.7.